The summed E-state index contributed by atoms with van der Waals surface area (Å²) in [6, 6.07) is 2.60. The van der Waals surface area contributed by atoms with Gasteiger partial charge in [0.2, 0.25) is 0 Å². The Bertz CT molecular complexity index is 636. The number of methoxy groups -OCH3 is 1. The zero-order chi connectivity index (χ0) is 18.0. The average Bonchev–Trinajstić information content (AvgIpc) is 2.95. The van der Waals surface area contributed by atoms with Crippen LogP contribution in [0.4, 0.5) is 0 Å². The summed E-state index contributed by atoms with van der Waals surface area (Å²) in [4.78, 5) is 26.6. The van der Waals surface area contributed by atoms with Crippen molar-refractivity contribution < 1.29 is 14.3 Å². The number of hydrogen-bond acceptors (Lipinski definition) is 3. The van der Waals surface area contributed by atoms with Crippen LogP contribution in [0.2, 0.25) is 0 Å². The molecule has 2 heterocycles. The Morgan fingerprint density at radius 2 is 1.68 bits per heavy atom. The molecule has 0 spiro atoms. The van der Waals surface area contributed by atoms with E-state index >= 15 is 0 Å². The largest absolute Gasteiger partial charge is 0.469 e. The molecule has 1 aromatic heterocycles. The molecule has 25 heavy (non-hydrogen) atoms. The van der Waals surface area contributed by atoms with Gasteiger partial charge in [-0.05, 0) is 45.6 Å². The monoisotopic (exact) mass is 346 g/mol. The van der Waals surface area contributed by atoms with E-state index in [1.54, 1.807) is 0 Å². The molecule has 0 bridgehead atoms. The Labute approximate surface area is 150 Å². The van der Waals surface area contributed by atoms with Gasteiger partial charge < -0.3 is 14.2 Å². The number of hydrogen-bond donors (Lipinski definition) is 0. The zero-order valence-electron chi connectivity index (χ0n) is 15.7. The van der Waals surface area contributed by atoms with Gasteiger partial charge in [0.05, 0.1) is 18.6 Å². The van der Waals surface area contributed by atoms with Crippen molar-refractivity contribution in [3.63, 3.8) is 0 Å². The van der Waals surface area contributed by atoms with Crippen molar-refractivity contribution in [2.45, 2.75) is 64.8 Å². The van der Waals surface area contributed by atoms with Gasteiger partial charge in [0, 0.05) is 30.5 Å². The molecular weight excluding hydrogens is 316 g/mol. The first-order valence-corrected chi connectivity index (χ1v) is 9.58. The van der Waals surface area contributed by atoms with Crippen molar-refractivity contribution in [2.24, 2.45) is 5.92 Å². The fourth-order valence-corrected chi connectivity index (χ4v) is 4.55. The minimum atomic E-state index is -0.150. The molecular formula is C20H30N2O3. The normalized spacial score (nSPS) is 19.9. The average molecular weight is 346 g/mol. The second kappa shape index (κ2) is 7.63. The van der Waals surface area contributed by atoms with Crippen molar-refractivity contribution in [3.05, 3.63) is 23.0 Å². The van der Waals surface area contributed by atoms with Gasteiger partial charge in [0.25, 0.3) is 5.91 Å². The fourth-order valence-electron chi connectivity index (χ4n) is 4.55. The molecule has 2 aliphatic rings. The number of amides is 1. The zero-order valence-corrected chi connectivity index (χ0v) is 15.7. The van der Waals surface area contributed by atoms with Crippen LogP contribution < -0.4 is 0 Å². The van der Waals surface area contributed by atoms with E-state index in [1.165, 1.54) is 44.9 Å². The first-order chi connectivity index (χ1) is 12.0. The van der Waals surface area contributed by atoms with Crippen LogP contribution in [0.15, 0.2) is 6.07 Å². The SMILES string of the molecule is COC(=O)C1CCN(C(=O)c2cc(C)n(C3CCCCC3)c2C)CC1. The summed E-state index contributed by atoms with van der Waals surface area (Å²) in [5.74, 6) is -0.107. The van der Waals surface area contributed by atoms with Gasteiger partial charge in [-0.2, -0.15) is 0 Å². The minimum Gasteiger partial charge on any atom is -0.469 e. The van der Waals surface area contributed by atoms with E-state index in [1.807, 2.05) is 4.90 Å². The number of carbonyl (C=O) groups is 2. The number of nitrogens with zero attached hydrogens (tertiary/aromatic N) is 2. The molecule has 1 amide bonds. The van der Waals surface area contributed by atoms with E-state index in [4.69, 9.17) is 4.74 Å². The lowest BCUT2D eigenvalue weighted by Crippen LogP contribution is -2.40. The summed E-state index contributed by atoms with van der Waals surface area (Å²) in [7, 11) is 1.43. The van der Waals surface area contributed by atoms with Crippen LogP contribution >= 0.6 is 0 Å². The Hall–Kier alpha value is -1.78. The Morgan fingerprint density at radius 1 is 1.04 bits per heavy atom. The quantitative estimate of drug-likeness (QED) is 0.785. The Kier molecular flexibility index (Phi) is 5.50. The van der Waals surface area contributed by atoms with E-state index in [-0.39, 0.29) is 17.8 Å². The van der Waals surface area contributed by atoms with Crippen molar-refractivity contribution in [3.8, 4) is 0 Å². The van der Waals surface area contributed by atoms with E-state index in [2.05, 4.69) is 24.5 Å². The highest BCUT2D eigenvalue weighted by Crippen LogP contribution is 2.32. The Balaban J connectivity index is 1.72. The third kappa shape index (κ3) is 3.60. The topological polar surface area (TPSA) is 51.5 Å². The van der Waals surface area contributed by atoms with E-state index in [0.29, 0.717) is 32.0 Å². The molecule has 2 fully saturated rings. The van der Waals surface area contributed by atoms with Gasteiger partial charge in [-0.3, -0.25) is 9.59 Å². The summed E-state index contributed by atoms with van der Waals surface area (Å²) < 4.78 is 7.21. The molecule has 0 N–H and O–H groups in total. The number of ether oxygens (including phenoxy) is 1. The molecule has 1 saturated carbocycles. The van der Waals surface area contributed by atoms with Gasteiger partial charge in [-0.1, -0.05) is 19.3 Å². The number of esters is 1. The fraction of sp³-hybridized carbons (Fsp3) is 0.700. The molecule has 3 rings (SSSR count). The second-order valence-electron chi connectivity index (χ2n) is 7.54. The minimum absolute atomic E-state index is 0.0660. The molecule has 0 aromatic carbocycles. The predicted octanol–water partition coefficient (Wildman–Crippen LogP) is 3.64. The van der Waals surface area contributed by atoms with E-state index in [9.17, 15) is 9.59 Å². The third-order valence-corrected chi connectivity index (χ3v) is 5.97. The molecule has 1 aliphatic heterocycles. The van der Waals surface area contributed by atoms with E-state index in [0.717, 1.165) is 11.3 Å². The molecule has 1 aromatic rings. The molecule has 1 saturated heterocycles. The lowest BCUT2D eigenvalue weighted by molar-refractivity contribution is -0.146. The number of rotatable bonds is 3. The van der Waals surface area contributed by atoms with Gasteiger partial charge in [-0.15, -0.1) is 0 Å². The lowest BCUT2D eigenvalue weighted by atomic mass is 9.95. The van der Waals surface area contributed by atoms with Gasteiger partial charge in [0.1, 0.15) is 0 Å². The molecule has 0 atom stereocenters. The smallest absolute Gasteiger partial charge is 0.308 e. The second-order valence-corrected chi connectivity index (χ2v) is 7.54. The number of carbonyl (C=O) groups excluding carboxylic acids is 2. The maximum atomic E-state index is 13.0. The molecule has 0 unspecified atom stereocenters. The number of aryl methyl sites for hydroxylation is 1. The lowest BCUT2D eigenvalue weighted by Gasteiger charge is -2.31. The third-order valence-electron chi connectivity index (χ3n) is 5.97. The van der Waals surface area contributed by atoms with Crippen LogP contribution in [0, 0.1) is 19.8 Å². The summed E-state index contributed by atoms with van der Waals surface area (Å²) in [6.07, 6.45) is 7.72. The van der Waals surface area contributed by atoms with Crippen LogP contribution in [-0.2, 0) is 9.53 Å². The maximum absolute atomic E-state index is 13.0. The van der Waals surface area contributed by atoms with Crippen molar-refractivity contribution in [2.75, 3.05) is 20.2 Å². The molecule has 1 aliphatic carbocycles. The van der Waals surface area contributed by atoms with Crippen molar-refractivity contribution in [1.29, 1.82) is 0 Å². The highest BCUT2D eigenvalue weighted by molar-refractivity contribution is 5.96. The standard InChI is InChI=1S/C20H30N2O3/c1-14-13-18(15(2)22(14)17-7-5-4-6-8-17)19(23)21-11-9-16(10-12-21)20(24)25-3/h13,16-17H,4-12H2,1-3H3. The van der Waals surface area contributed by atoms with Crippen LogP contribution in [0.1, 0.15) is 72.7 Å². The summed E-state index contributed by atoms with van der Waals surface area (Å²) in [6.45, 7) is 5.45. The summed E-state index contributed by atoms with van der Waals surface area (Å²) in [5.41, 5.74) is 3.13. The van der Waals surface area contributed by atoms with Gasteiger partial charge >= 0.3 is 5.97 Å². The molecule has 0 radical (unpaired) electrons. The maximum Gasteiger partial charge on any atom is 0.308 e. The van der Waals surface area contributed by atoms with Gasteiger partial charge in [0.15, 0.2) is 0 Å². The van der Waals surface area contributed by atoms with Crippen LogP contribution in [0.5, 0.6) is 0 Å². The summed E-state index contributed by atoms with van der Waals surface area (Å²) in [5, 5.41) is 0. The molecule has 5 nitrogen and oxygen atoms in total. The first kappa shape index (κ1) is 18.0. The van der Waals surface area contributed by atoms with Crippen LogP contribution in [0.3, 0.4) is 0 Å². The highest BCUT2D eigenvalue weighted by atomic mass is 16.5. The van der Waals surface area contributed by atoms with Gasteiger partial charge in [-0.25, -0.2) is 0 Å². The Morgan fingerprint density at radius 3 is 2.28 bits per heavy atom. The molecule has 5 heteroatoms. The van der Waals surface area contributed by atoms with E-state index < -0.39 is 0 Å². The van der Waals surface area contributed by atoms with Crippen LogP contribution in [0.25, 0.3) is 0 Å². The van der Waals surface area contributed by atoms with Crippen molar-refractivity contribution in [1.82, 2.24) is 9.47 Å². The number of likely N-dealkylation sites (tertiary alicyclic amines) is 1. The van der Waals surface area contributed by atoms with Crippen molar-refractivity contribution >= 4 is 11.9 Å². The first-order valence-electron chi connectivity index (χ1n) is 9.58. The predicted molar refractivity (Wildman–Crippen MR) is 96.7 cm³/mol. The molecule has 138 valence electrons. The van der Waals surface area contributed by atoms with Crippen LogP contribution in [-0.4, -0.2) is 41.5 Å². The number of aromatic nitrogens is 1. The summed E-state index contributed by atoms with van der Waals surface area (Å²) >= 11 is 0. The highest BCUT2D eigenvalue weighted by Gasteiger charge is 2.30. The number of piperidine rings is 1.